The molecule has 1 fully saturated rings. The molecule has 3 aromatic rings. The third kappa shape index (κ3) is 6.24. The Hall–Kier alpha value is -3.20. The summed E-state index contributed by atoms with van der Waals surface area (Å²) in [4.78, 5) is 11.2. The minimum Gasteiger partial charge on any atom is -0.491 e. The van der Waals surface area contributed by atoms with E-state index in [2.05, 4.69) is 52.1 Å². The van der Waals surface area contributed by atoms with E-state index in [1.807, 2.05) is 25.2 Å². The Morgan fingerprint density at radius 2 is 1.91 bits per heavy atom. The monoisotopic (exact) mass is 674 g/mol. The number of piperidine rings is 1. The third-order valence-electron chi connectivity index (χ3n) is 8.12. The highest BCUT2D eigenvalue weighted by molar-refractivity contribution is 9.10. The van der Waals surface area contributed by atoms with Crippen LogP contribution in [0.4, 0.5) is 38.9 Å². The Bertz CT molecular complexity index is 1620. The molecule has 4 N–H and O–H groups in total. The van der Waals surface area contributed by atoms with Crippen molar-refractivity contribution in [3.05, 3.63) is 51.9 Å². The first kappa shape index (κ1) is 29.9. The van der Waals surface area contributed by atoms with Gasteiger partial charge < -0.3 is 30.9 Å². The largest absolute Gasteiger partial charge is 0.491 e. The molecule has 0 amide bonds. The van der Waals surface area contributed by atoms with Crippen LogP contribution in [0.1, 0.15) is 24.0 Å². The fourth-order valence-corrected chi connectivity index (χ4v) is 7.35. The molecule has 14 heteroatoms. The standard InChI is InChI=1S/C29H36BrFN8O3S/c1-32-10-11-33-19-7-12-38(13-8-19)26-20-9-15-42-27(20)24(16-22(26)31)36-29-34-17-21(30)28(37-29)35-23-5-3-4-18-6-14-39(25(18)23)43(2,40)41/h3-5,16-17,19,32-33H,6-15H2,1-2H3,(H2,34,35,36,37). The number of fused-ring (bicyclic) bond motifs is 2. The van der Waals surface area contributed by atoms with Crippen LogP contribution in [0.2, 0.25) is 0 Å². The molecule has 4 heterocycles. The molecule has 0 aliphatic carbocycles. The van der Waals surface area contributed by atoms with Crippen LogP contribution in [-0.4, -0.2) is 77.1 Å². The first-order chi connectivity index (χ1) is 20.7. The average Bonchev–Trinajstić information content (AvgIpc) is 3.64. The molecule has 11 nitrogen and oxygen atoms in total. The summed E-state index contributed by atoms with van der Waals surface area (Å²) < 4.78 is 48.6. The third-order valence-corrected chi connectivity index (χ3v) is 9.86. The maximum absolute atomic E-state index is 15.8. The molecule has 6 rings (SSSR count). The summed E-state index contributed by atoms with van der Waals surface area (Å²) in [6.07, 6.45) is 5.96. The number of sulfonamides is 1. The number of benzene rings is 2. The zero-order valence-electron chi connectivity index (χ0n) is 24.2. The molecule has 3 aliphatic rings. The summed E-state index contributed by atoms with van der Waals surface area (Å²) in [5.41, 5.74) is 4.13. The highest BCUT2D eigenvalue weighted by Crippen LogP contribution is 2.44. The van der Waals surface area contributed by atoms with Crippen molar-refractivity contribution < 1.29 is 17.5 Å². The number of hydrogen-bond donors (Lipinski definition) is 4. The first-order valence-electron chi connectivity index (χ1n) is 14.5. The van der Waals surface area contributed by atoms with Crippen molar-refractivity contribution in [1.82, 2.24) is 20.6 Å². The van der Waals surface area contributed by atoms with Crippen molar-refractivity contribution in [2.75, 3.05) is 72.5 Å². The van der Waals surface area contributed by atoms with Gasteiger partial charge in [-0.15, -0.1) is 0 Å². The number of aromatic nitrogens is 2. The first-order valence-corrected chi connectivity index (χ1v) is 17.1. The van der Waals surface area contributed by atoms with E-state index in [4.69, 9.17) is 4.74 Å². The lowest BCUT2D eigenvalue weighted by Gasteiger charge is -2.35. The normalized spacial score (nSPS) is 16.7. The van der Waals surface area contributed by atoms with Crippen LogP contribution < -0.4 is 35.2 Å². The second-order valence-electron chi connectivity index (χ2n) is 11.0. The lowest BCUT2D eigenvalue weighted by molar-refractivity contribution is 0.358. The molecule has 2 aromatic carbocycles. The molecule has 43 heavy (non-hydrogen) atoms. The highest BCUT2D eigenvalue weighted by Gasteiger charge is 2.31. The van der Waals surface area contributed by atoms with E-state index in [1.165, 1.54) is 16.6 Å². The number of halogens is 2. The molecular weight excluding hydrogens is 639 g/mol. The number of hydrogen-bond acceptors (Lipinski definition) is 10. The van der Waals surface area contributed by atoms with Gasteiger partial charge in [0.05, 0.1) is 40.1 Å². The van der Waals surface area contributed by atoms with Crippen LogP contribution >= 0.6 is 15.9 Å². The maximum Gasteiger partial charge on any atom is 0.232 e. The molecule has 0 saturated carbocycles. The van der Waals surface area contributed by atoms with Gasteiger partial charge in [-0.05, 0) is 53.9 Å². The van der Waals surface area contributed by atoms with Crippen LogP contribution in [0.5, 0.6) is 5.75 Å². The predicted octanol–water partition coefficient (Wildman–Crippen LogP) is 3.90. The molecule has 0 radical (unpaired) electrons. The fourth-order valence-electron chi connectivity index (χ4n) is 6.09. The van der Waals surface area contributed by atoms with Crippen LogP contribution in [0.15, 0.2) is 34.9 Å². The van der Waals surface area contributed by atoms with Crippen molar-refractivity contribution >= 4 is 60.5 Å². The van der Waals surface area contributed by atoms with Gasteiger partial charge in [0.2, 0.25) is 16.0 Å². The van der Waals surface area contributed by atoms with Gasteiger partial charge in [-0.1, -0.05) is 12.1 Å². The zero-order valence-corrected chi connectivity index (χ0v) is 26.6. The highest BCUT2D eigenvalue weighted by atomic mass is 79.9. The number of para-hydroxylation sites is 1. The number of anilines is 6. The number of ether oxygens (including phenoxy) is 1. The van der Waals surface area contributed by atoms with Crippen LogP contribution in [0, 0.1) is 5.82 Å². The molecule has 1 saturated heterocycles. The Kier molecular flexibility index (Phi) is 8.63. The van der Waals surface area contributed by atoms with Gasteiger partial charge in [0.15, 0.2) is 0 Å². The molecule has 0 bridgehead atoms. The van der Waals surface area contributed by atoms with E-state index in [0.29, 0.717) is 70.8 Å². The smallest absolute Gasteiger partial charge is 0.232 e. The Balaban J connectivity index is 1.22. The van der Waals surface area contributed by atoms with E-state index in [0.717, 1.165) is 50.1 Å². The minimum atomic E-state index is -3.44. The van der Waals surface area contributed by atoms with Gasteiger partial charge in [-0.2, -0.15) is 4.98 Å². The topological polar surface area (TPSA) is 124 Å². The Morgan fingerprint density at radius 1 is 1.09 bits per heavy atom. The van der Waals surface area contributed by atoms with Crippen molar-refractivity contribution in [3.8, 4) is 5.75 Å². The second-order valence-corrected chi connectivity index (χ2v) is 13.8. The van der Waals surface area contributed by atoms with Crippen LogP contribution in [-0.2, 0) is 22.9 Å². The van der Waals surface area contributed by atoms with Crippen molar-refractivity contribution in [3.63, 3.8) is 0 Å². The number of likely N-dealkylation sites (N-methyl/N-ethyl adjacent to an activating group) is 1. The van der Waals surface area contributed by atoms with E-state index >= 15 is 4.39 Å². The Labute approximate surface area is 259 Å². The summed E-state index contributed by atoms with van der Waals surface area (Å²) >= 11 is 3.50. The fraction of sp³-hybridized carbons (Fsp3) is 0.448. The van der Waals surface area contributed by atoms with E-state index in [1.54, 1.807) is 6.20 Å². The zero-order chi connectivity index (χ0) is 30.1. The number of rotatable bonds is 10. The van der Waals surface area contributed by atoms with Gasteiger partial charge in [-0.3, -0.25) is 4.31 Å². The van der Waals surface area contributed by atoms with Crippen molar-refractivity contribution in [1.29, 1.82) is 0 Å². The second kappa shape index (κ2) is 12.4. The molecular formula is C29H36BrFN8O3S. The lowest BCUT2D eigenvalue weighted by atomic mass is 10.0. The van der Waals surface area contributed by atoms with Gasteiger partial charge in [-0.25, -0.2) is 17.8 Å². The molecule has 1 aromatic heterocycles. The van der Waals surface area contributed by atoms with Crippen LogP contribution in [0.3, 0.4) is 0 Å². The van der Waals surface area contributed by atoms with Gasteiger partial charge >= 0.3 is 0 Å². The summed E-state index contributed by atoms with van der Waals surface area (Å²) in [6.45, 7) is 4.26. The van der Waals surface area contributed by atoms with Gasteiger partial charge in [0.25, 0.3) is 0 Å². The average molecular weight is 676 g/mol. The Morgan fingerprint density at radius 3 is 2.67 bits per heavy atom. The minimum absolute atomic E-state index is 0.247. The SMILES string of the molecule is CNCCNC1CCN(c2c(F)cc(Nc3ncc(Br)c(Nc4cccc5c4N(S(C)(=O)=O)CC5)n3)c3c2CCO3)CC1. The summed E-state index contributed by atoms with van der Waals surface area (Å²) in [5, 5.41) is 13.2. The van der Waals surface area contributed by atoms with E-state index < -0.39 is 10.0 Å². The molecule has 0 unspecified atom stereocenters. The molecule has 0 spiro atoms. The van der Waals surface area contributed by atoms with Crippen molar-refractivity contribution in [2.45, 2.75) is 31.7 Å². The lowest BCUT2D eigenvalue weighted by Crippen LogP contribution is -2.44. The summed E-state index contributed by atoms with van der Waals surface area (Å²) in [5.74, 6) is 1.00. The number of nitrogens with one attached hydrogen (secondary N) is 4. The van der Waals surface area contributed by atoms with E-state index in [9.17, 15) is 8.42 Å². The van der Waals surface area contributed by atoms with Gasteiger partial charge in [0.1, 0.15) is 17.4 Å². The van der Waals surface area contributed by atoms with E-state index in [-0.39, 0.29) is 11.8 Å². The van der Waals surface area contributed by atoms with Gasteiger partial charge in [0, 0.05) is 63.0 Å². The van der Waals surface area contributed by atoms with Crippen LogP contribution in [0.25, 0.3) is 0 Å². The van der Waals surface area contributed by atoms with Crippen molar-refractivity contribution in [2.24, 2.45) is 0 Å². The molecule has 230 valence electrons. The quantitative estimate of drug-likeness (QED) is 0.236. The summed E-state index contributed by atoms with van der Waals surface area (Å²) in [7, 11) is -1.50. The summed E-state index contributed by atoms with van der Waals surface area (Å²) in [6, 6.07) is 7.52. The molecule has 3 aliphatic heterocycles. The number of nitrogens with zero attached hydrogens (tertiary/aromatic N) is 4. The molecule has 0 atom stereocenters. The predicted molar refractivity (Wildman–Crippen MR) is 171 cm³/mol. The maximum atomic E-state index is 15.8.